The molecule has 1 aliphatic rings. The van der Waals surface area contributed by atoms with Crippen LogP contribution in [0.4, 0.5) is 0 Å². The van der Waals surface area contributed by atoms with E-state index in [0.717, 1.165) is 19.6 Å². The number of nitrogens with two attached hydrogens (primary N) is 1. The molecule has 0 aromatic rings. The molecule has 1 aliphatic carbocycles. The highest BCUT2D eigenvalue weighted by Gasteiger charge is 2.21. The van der Waals surface area contributed by atoms with Crippen molar-refractivity contribution in [2.45, 2.75) is 26.7 Å². The molecule has 1 amide bonds. The second kappa shape index (κ2) is 6.35. The number of aliphatic imine (C=N–C) groups is 1. The zero-order valence-electron chi connectivity index (χ0n) is 10.2. The van der Waals surface area contributed by atoms with E-state index in [0.29, 0.717) is 11.9 Å². The van der Waals surface area contributed by atoms with E-state index >= 15 is 0 Å². The molecule has 0 spiro atoms. The molecule has 0 radical (unpaired) electrons. The van der Waals surface area contributed by atoms with Crippen molar-refractivity contribution in [3.8, 4) is 0 Å². The van der Waals surface area contributed by atoms with E-state index in [1.165, 1.54) is 12.8 Å². The molecular weight excluding hydrogens is 204 g/mol. The Bertz CT molecular complexity index is 257. The van der Waals surface area contributed by atoms with E-state index in [9.17, 15) is 4.79 Å². The third kappa shape index (κ3) is 4.51. The van der Waals surface area contributed by atoms with Crippen molar-refractivity contribution in [2.24, 2.45) is 16.6 Å². The summed E-state index contributed by atoms with van der Waals surface area (Å²) in [5.74, 6) is 1.11. The predicted octanol–water partition coefficient (Wildman–Crippen LogP) is 0.169. The van der Waals surface area contributed by atoms with Crippen LogP contribution in [-0.4, -0.2) is 42.9 Å². The quantitative estimate of drug-likeness (QED) is 0.501. The summed E-state index contributed by atoms with van der Waals surface area (Å²) < 4.78 is 0. The number of carbonyl (C=O) groups excluding carboxylic acids is 1. The lowest BCUT2D eigenvalue weighted by Gasteiger charge is -2.19. The zero-order chi connectivity index (χ0) is 12.0. The molecule has 5 heteroatoms. The number of hydrogen-bond donors (Lipinski definition) is 2. The van der Waals surface area contributed by atoms with Crippen LogP contribution in [0.2, 0.25) is 0 Å². The van der Waals surface area contributed by atoms with Crippen molar-refractivity contribution in [1.29, 1.82) is 0 Å². The van der Waals surface area contributed by atoms with E-state index in [-0.39, 0.29) is 12.5 Å². The van der Waals surface area contributed by atoms with Crippen LogP contribution in [0, 0.1) is 5.92 Å². The highest BCUT2D eigenvalue weighted by atomic mass is 16.1. The van der Waals surface area contributed by atoms with Gasteiger partial charge >= 0.3 is 0 Å². The van der Waals surface area contributed by atoms with Gasteiger partial charge in [-0.2, -0.15) is 0 Å². The Labute approximate surface area is 97.1 Å². The third-order valence-electron chi connectivity index (χ3n) is 2.76. The molecule has 0 saturated heterocycles. The normalized spacial score (nSPS) is 16.0. The topological polar surface area (TPSA) is 70.7 Å². The van der Waals surface area contributed by atoms with Crippen LogP contribution < -0.4 is 11.1 Å². The van der Waals surface area contributed by atoms with E-state index in [2.05, 4.69) is 10.3 Å². The van der Waals surface area contributed by atoms with E-state index in [1.807, 2.05) is 18.7 Å². The van der Waals surface area contributed by atoms with Crippen molar-refractivity contribution in [3.05, 3.63) is 0 Å². The van der Waals surface area contributed by atoms with Gasteiger partial charge in [0.15, 0.2) is 5.96 Å². The monoisotopic (exact) mass is 226 g/mol. The zero-order valence-corrected chi connectivity index (χ0v) is 10.2. The number of hydrogen-bond acceptors (Lipinski definition) is 2. The minimum atomic E-state index is -0.0398. The lowest BCUT2D eigenvalue weighted by molar-refractivity contribution is -0.119. The first-order valence-electron chi connectivity index (χ1n) is 5.98. The SMILES string of the molecule is CCN(CC)C(N)=NCC(=O)NCC1CC1. The first-order valence-corrected chi connectivity index (χ1v) is 5.98. The Morgan fingerprint density at radius 3 is 2.56 bits per heavy atom. The number of nitrogens with zero attached hydrogens (tertiary/aromatic N) is 2. The highest BCUT2D eigenvalue weighted by molar-refractivity contribution is 5.83. The Kier molecular flexibility index (Phi) is 5.08. The maximum absolute atomic E-state index is 11.4. The summed E-state index contributed by atoms with van der Waals surface area (Å²) in [6.07, 6.45) is 2.48. The first-order chi connectivity index (χ1) is 7.67. The molecular formula is C11H22N4O. The first kappa shape index (κ1) is 12.8. The number of amides is 1. The largest absolute Gasteiger partial charge is 0.370 e. The van der Waals surface area contributed by atoms with Gasteiger partial charge in [-0.05, 0) is 32.6 Å². The number of guanidine groups is 1. The van der Waals surface area contributed by atoms with Crippen molar-refractivity contribution in [1.82, 2.24) is 10.2 Å². The van der Waals surface area contributed by atoms with Crippen molar-refractivity contribution in [3.63, 3.8) is 0 Å². The molecule has 0 heterocycles. The fourth-order valence-corrected chi connectivity index (χ4v) is 1.44. The van der Waals surface area contributed by atoms with Gasteiger partial charge in [0.25, 0.3) is 0 Å². The molecule has 0 aromatic carbocycles. The summed E-state index contributed by atoms with van der Waals surface area (Å²) in [7, 11) is 0. The average Bonchev–Trinajstić information content (AvgIpc) is 3.09. The molecule has 5 nitrogen and oxygen atoms in total. The molecule has 0 aromatic heterocycles. The second-order valence-corrected chi connectivity index (χ2v) is 4.09. The van der Waals surface area contributed by atoms with Gasteiger partial charge in [0.05, 0.1) is 0 Å². The van der Waals surface area contributed by atoms with Gasteiger partial charge in [-0.3, -0.25) is 4.79 Å². The average molecular weight is 226 g/mol. The minimum Gasteiger partial charge on any atom is -0.370 e. The van der Waals surface area contributed by atoms with Crippen LogP contribution in [-0.2, 0) is 4.79 Å². The summed E-state index contributed by atoms with van der Waals surface area (Å²) in [6, 6.07) is 0. The Morgan fingerprint density at radius 1 is 1.44 bits per heavy atom. The van der Waals surface area contributed by atoms with Crippen molar-refractivity contribution >= 4 is 11.9 Å². The molecule has 0 aliphatic heterocycles. The van der Waals surface area contributed by atoms with Crippen LogP contribution in [0.3, 0.4) is 0 Å². The number of nitrogens with one attached hydrogen (secondary N) is 1. The van der Waals surface area contributed by atoms with Gasteiger partial charge < -0.3 is 16.0 Å². The van der Waals surface area contributed by atoms with Crippen molar-refractivity contribution in [2.75, 3.05) is 26.2 Å². The number of carbonyl (C=O) groups is 1. The van der Waals surface area contributed by atoms with Crippen LogP contribution in [0.5, 0.6) is 0 Å². The summed E-state index contributed by atoms with van der Waals surface area (Å²) >= 11 is 0. The number of rotatable bonds is 6. The van der Waals surface area contributed by atoms with Gasteiger partial charge in [0.1, 0.15) is 6.54 Å². The Balaban J connectivity index is 2.23. The summed E-state index contributed by atoms with van der Waals surface area (Å²) in [6.45, 7) is 6.58. The van der Waals surface area contributed by atoms with E-state index < -0.39 is 0 Å². The minimum absolute atomic E-state index is 0.0398. The summed E-state index contributed by atoms with van der Waals surface area (Å²) in [4.78, 5) is 17.4. The molecule has 1 fully saturated rings. The van der Waals surface area contributed by atoms with Gasteiger partial charge in [0.2, 0.25) is 5.91 Å². The van der Waals surface area contributed by atoms with Crippen LogP contribution in [0.25, 0.3) is 0 Å². The summed E-state index contributed by atoms with van der Waals surface area (Å²) in [5, 5.41) is 2.85. The Hall–Kier alpha value is -1.26. The van der Waals surface area contributed by atoms with Crippen molar-refractivity contribution < 1.29 is 4.79 Å². The molecule has 0 bridgehead atoms. The van der Waals surface area contributed by atoms with Crippen LogP contribution >= 0.6 is 0 Å². The molecule has 92 valence electrons. The van der Waals surface area contributed by atoms with Gasteiger partial charge in [-0.25, -0.2) is 4.99 Å². The standard InChI is InChI=1S/C11H22N4O/c1-3-15(4-2)11(12)14-8-10(16)13-7-9-5-6-9/h9H,3-8H2,1-2H3,(H2,12,14)(H,13,16). The molecule has 0 unspecified atom stereocenters. The maximum Gasteiger partial charge on any atom is 0.241 e. The van der Waals surface area contributed by atoms with Gasteiger partial charge in [-0.15, -0.1) is 0 Å². The third-order valence-corrected chi connectivity index (χ3v) is 2.76. The fraction of sp³-hybridized carbons (Fsp3) is 0.818. The smallest absolute Gasteiger partial charge is 0.241 e. The molecule has 1 saturated carbocycles. The van der Waals surface area contributed by atoms with E-state index in [1.54, 1.807) is 0 Å². The van der Waals surface area contributed by atoms with Gasteiger partial charge in [0, 0.05) is 19.6 Å². The summed E-state index contributed by atoms with van der Waals surface area (Å²) in [5.41, 5.74) is 5.75. The molecule has 16 heavy (non-hydrogen) atoms. The predicted molar refractivity (Wildman–Crippen MR) is 65.1 cm³/mol. The second-order valence-electron chi connectivity index (χ2n) is 4.09. The molecule has 3 N–H and O–H groups in total. The van der Waals surface area contributed by atoms with Gasteiger partial charge in [-0.1, -0.05) is 0 Å². The lowest BCUT2D eigenvalue weighted by atomic mass is 10.4. The maximum atomic E-state index is 11.4. The van der Waals surface area contributed by atoms with Crippen LogP contribution in [0.1, 0.15) is 26.7 Å². The molecule has 0 atom stereocenters. The van der Waals surface area contributed by atoms with Crippen LogP contribution in [0.15, 0.2) is 4.99 Å². The van der Waals surface area contributed by atoms with E-state index in [4.69, 9.17) is 5.73 Å². The highest BCUT2D eigenvalue weighted by Crippen LogP contribution is 2.27. The fourth-order valence-electron chi connectivity index (χ4n) is 1.44. The molecule has 1 rings (SSSR count). The Morgan fingerprint density at radius 2 is 2.06 bits per heavy atom. The lowest BCUT2D eigenvalue weighted by Crippen LogP contribution is -2.38.